The summed E-state index contributed by atoms with van der Waals surface area (Å²) >= 11 is 0. The first-order valence-electron chi connectivity index (χ1n) is 5.19. The quantitative estimate of drug-likeness (QED) is 0.627. The van der Waals surface area contributed by atoms with Gasteiger partial charge in [-0.05, 0) is 24.3 Å². The van der Waals surface area contributed by atoms with Crippen LogP contribution in [0, 0.1) is 5.92 Å². The van der Waals surface area contributed by atoms with Crippen molar-refractivity contribution in [2.75, 3.05) is 0 Å². The molecule has 3 heteroatoms. The minimum Gasteiger partial charge on any atom is -0.428 e. The van der Waals surface area contributed by atoms with Gasteiger partial charge in [-0.1, -0.05) is 32.0 Å². The normalized spacial score (nSPS) is 11.9. The van der Waals surface area contributed by atoms with Crippen LogP contribution in [0.3, 0.4) is 0 Å². The van der Waals surface area contributed by atoms with Crippen molar-refractivity contribution in [3.8, 4) is 0 Å². The van der Waals surface area contributed by atoms with E-state index in [0.717, 1.165) is 5.19 Å². The molecule has 0 fully saturated rings. The fourth-order valence-electron chi connectivity index (χ4n) is 1.39. The van der Waals surface area contributed by atoms with Crippen LogP contribution in [0.4, 0.5) is 0 Å². The molecule has 0 aliphatic carbocycles. The van der Waals surface area contributed by atoms with E-state index in [4.69, 9.17) is 0 Å². The summed E-state index contributed by atoms with van der Waals surface area (Å²) in [5, 5.41) is 0.911. The second kappa shape index (κ2) is 4.29. The van der Waals surface area contributed by atoms with E-state index in [9.17, 15) is 9.59 Å². The molecular weight excluding hydrogens is 204 g/mol. The van der Waals surface area contributed by atoms with E-state index in [1.165, 1.54) is 0 Å². The molecule has 1 N–H and O–H groups in total. The van der Waals surface area contributed by atoms with Crippen LogP contribution in [-0.2, 0) is 0 Å². The summed E-state index contributed by atoms with van der Waals surface area (Å²) in [7, 11) is -2.30. The zero-order valence-corrected chi connectivity index (χ0v) is 10.7. The highest BCUT2D eigenvalue weighted by molar-refractivity contribution is 6.83. The highest BCUT2D eigenvalue weighted by atomic mass is 28.4. The van der Waals surface area contributed by atoms with Crippen molar-refractivity contribution in [3.05, 3.63) is 29.8 Å². The molecule has 1 rings (SSSR count). The van der Waals surface area contributed by atoms with Gasteiger partial charge in [0, 0.05) is 11.5 Å². The average molecular weight is 222 g/mol. The lowest BCUT2D eigenvalue weighted by Gasteiger charge is -2.15. The molecule has 2 nitrogen and oxygen atoms in total. The van der Waals surface area contributed by atoms with Gasteiger partial charge in [-0.3, -0.25) is 4.79 Å². The monoisotopic (exact) mass is 222 g/mol. The Bertz CT molecular complexity index is 364. The summed E-state index contributed by atoms with van der Waals surface area (Å²) < 4.78 is 0. The summed E-state index contributed by atoms with van der Waals surface area (Å²) in [5.41, 5.74) is 0.706. The van der Waals surface area contributed by atoms with Gasteiger partial charge in [-0.2, -0.15) is 0 Å². The lowest BCUT2D eigenvalue weighted by molar-refractivity contribution is 0.0939. The molecule has 0 saturated heterocycles. The van der Waals surface area contributed by atoms with Gasteiger partial charge in [-0.15, -0.1) is 0 Å². The smallest absolute Gasteiger partial charge is 0.213 e. The highest BCUT2D eigenvalue weighted by Gasteiger charge is 2.21. The van der Waals surface area contributed by atoms with Crippen molar-refractivity contribution >= 4 is 19.3 Å². The lowest BCUT2D eigenvalue weighted by Crippen LogP contribution is -2.41. The molecule has 0 aliphatic heterocycles. The van der Waals surface area contributed by atoms with Gasteiger partial charge < -0.3 is 4.80 Å². The molecule has 0 unspecified atom stereocenters. The Balaban J connectivity index is 3.09. The number of benzene rings is 1. The number of hydrogen-bond donors (Lipinski definition) is 1. The number of hydrogen-bond acceptors (Lipinski definition) is 2. The van der Waals surface area contributed by atoms with E-state index < -0.39 is 8.32 Å². The Hall–Kier alpha value is -0.933. The van der Waals surface area contributed by atoms with Crippen molar-refractivity contribution in [2.24, 2.45) is 5.92 Å². The number of Topliss-reactive ketones (excluding diaryl/α,β-unsaturated/α-hetero) is 1. The molecule has 1 aromatic rings. The van der Waals surface area contributed by atoms with Gasteiger partial charge >= 0.3 is 0 Å². The van der Waals surface area contributed by atoms with Crippen LogP contribution >= 0.6 is 0 Å². The molecule has 0 radical (unpaired) electrons. The molecule has 15 heavy (non-hydrogen) atoms. The van der Waals surface area contributed by atoms with Crippen LogP contribution in [-0.4, -0.2) is 18.9 Å². The van der Waals surface area contributed by atoms with Crippen LogP contribution in [0.25, 0.3) is 0 Å². The standard InChI is InChI=1S/C12H18O2Si/c1-9(2)12(13)10-6-5-7-11(8-10)15(3,4)14/h5-9,14H,1-4H3. The number of carbonyl (C=O) groups excluding carboxylic acids is 1. The Labute approximate surface area is 92.1 Å². The van der Waals surface area contributed by atoms with Crippen LogP contribution in [0.5, 0.6) is 0 Å². The van der Waals surface area contributed by atoms with Crippen molar-refractivity contribution in [1.29, 1.82) is 0 Å². The SMILES string of the molecule is CC(C)C(=O)c1cccc([Si](C)(C)O)c1. The summed E-state index contributed by atoms with van der Waals surface area (Å²) in [4.78, 5) is 21.7. The van der Waals surface area contributed by atoms with E-state index in [0.29, 0.717) is 5.56 Å². The first kappa shape index (κ1) is 12.1. The number of ketones is 1. The maximum Gasteiger partial charge on any atom is 0.213 e. The zero-order valence-electron chi connectivity index (χ0n) is 9.74. The van der Waals surface area contributed by atoms with Crippen molar-refractivity contribution < 1.29 is 9.59 Å². The highest BCUT2D eigenvalue weighted by Crippen LogP contribution is 2.08. The van der Waals surface area contributed by atoms with Crippen LogP contribution in [0.1, 0.15) is 24.2 Å². The van der Waals surface area contributed by atoms with Gasteiger partial charge in [0.15, 0.2) is 5.78 Å². The third-order valence-corrected chi connectivity index (χ3v) is 4.10. The summed E-state index contributed by atoms with van der Waals surface area (Å²) in [6, 6.07) is 7.37. The summed E-state index contributed by atoms with van der Waals surface area (Å²) in [6.07, 6.45) is 0. The van der Waals surface area contributed by atoms with Gasteiger partial charge in [0.1, 0.15) is 0 Å². The topological polar surface area (TPSA) is 37.3 Å². The molecule has 0 spiro atoms. The van der Waals surface area contributed by atoms with Crippen LogP contribution in [0.15, 0.2) is 24.3 Å². The van der Waals surface area contributed by atoms with Gasteiger partial charge in [-0.25, -0.2) is 0 Å². The maximum absolute atomic E-state index is 11.8. The molecule has 1 aromatic carbocycles. The largest absolute Gasteiger partial charge is 0.428 e. The second-order valence-electron chi connectivity index (χ2n) is 4.66. The van der Waals surface area contributed by atoms with E-state index >= 15 is 0 Å². The lowest BCUT2D eigenvalue weighted by atomic mass is 10.0. The van der Waals surface area contributed by atoms with Crippen molar-refractivity contribution in [3.63, 3.8) is 0 Å². The molecule has 0 saturated carbocycles. The minimum atomic E-state index is -2.30. The van der Waals surface area contributed by atoms with Gasteiger partial charge in [0.25, 0.3) is 0 Å². The molecule has 0 aliphatic rings. The predicted octanol–water partition coefficient (Wildman–Crippen LogP) is 1.93. The summed E-state index contributed by atoms with van der Waals surface area (Å²) in [6.45, 7) is 7.48. The van der Waals surface area contributed by atoms with Crippen LogP contribution in [0.2, 0.25) is 13.1 Å². The van der Waals surface area contributed by atoms with E-state index in [2.05, 4.69) is 0 Å². The molecule has 0 bridgehead atoms. The molecule has 0 atom stereocenters. The fraction of sp³-hybridized carbons (Fsp3) is 0.417. The molecule has 0 aromatic heterocycles. The summed E-state index contributed by atoms with van der Waals surface area (Å²) in [5.74, 6) is 0.138. The molecule has 0 amide bonds. The average Bonchev–Trinajstić information content (AvgIpc) is 2.15. The second-order valence-corrected chi connectivity index (χ2v) is 8.35. The Morgan fingerprint density at radius 2 is 1.93 bits per heavy atom. The van der Waals surface area contributed by atoms with Gasteiger partial charge in [0.2, 0.25) is 8.32 Å². The number of carbonyl (C=O) groups is 1. The van der Waals surface area contributed by atoms with E-state index in [-0.39, 0.29) is 11.7 Å². The molecule has 82 valence electrons. The Morgan fingerprint density at radius 1 is 1.33 bits per heavy atom. The third-order valence-electron chi connectivity index (χ3n) is 2.38. The maximum atomic E-state index is 11.8. The Kier molecular flexibility index (Phi) is 3.47. The van der Waals surface area contributed by atoms with E-state index in [1.807, 2.05) is 51.2 Å². The van der Waals surface area contributed by atoms with E-state index in [1.54, 1.807) is 0 Å². The van der Waals surface area contributed by atoms with Crippen molar-refractivity contribution in [1.82, 2.24) is 0 Å². The van der Waals surface area contributed by atoms with Crippen LogP contribution < -0.4 is 5.19 Å². The molecule has 0 heterocycles. The minimum absolute atomic E-state index is 0.00345. The van der Waals surface area contributed by atoms with Crippen molar-refractivity contribution in [2.45, 2.75) is 26.9 Å². The Morgan fingerprint density at radius 3 is 2.40 bits per heavy atom. The first-order chi connectivity index (χ1) is 6.82. The number of rotatable bonds is 3. The van der Waals surface area contributed by atoms with Gasteiger partial charge in [0.05, 0.1) is 0 Å². The fourth-order valence-corrected chi connectivity index (χ4v) is 2.40. The predicted molar refractivity (Wildman–Crippen MR) is 64.9 cm³/mol. The first-order valence-corrected chi connectivity index (χ1v) is 8.14. The molecular formula is C12H18O2Si. The third kappa shape index (κ3) is 3.01. The zero-order chi connectivity index (χ0) is 11.6.